The number of hydrogen-bond acceptors (Lipinski definition) is 7. The number of carboxylic acids is 2. The number of benzene rings is 4. The molecular weight excluding hydrogens is 540 g/mol. The first-order chi connectivity index (χ1) is 20.1. The third-order valence-electron chi connectivity index (χ3n) is 6.58. The fourth-order valence-corrected chi connectivity index (χ4v) is 4.74. The highest BCUT2D eigenvalue weighted by Gasteiger charge is 2.18. The third kappa shape index (κ3) is 5.85. The minimum Gasteiger partial charge on any atom is -0.508 e. The Bertz CT molecular complexity index is 2040. The van der Waals surface area contributed by atoms with Crippen LogP contribution in [-0.2, 0) is 16.0 Å². The number of carboxylic acid groups (broad SMARTS) is 2. The van der Waals surface area contributed by atoms with Gasteiger partial charge in [-0.3, -0.25) is 9.59 Å². The minimum atomic E-state index is -1.02. The molecule has 9 heteroatoms. The fraction of sp³-hybridized carbons (Fsp3) is 0.0606. The summed E-state index contributed by atoms with van der Waals surface area (Å²) < 4.78 is 11.4. The third-order valence-corrected chi connectivity index (χ3v) is 6.58. The summed E-state index contributed by atoms with van der Waals surface area (Å²) in [5.41, 5.74) is 3.22. The summed E-state index contributed by atoms with van der Waals surface area (Å²) in [5, 5.41) is 39.2. The first-order valence-corrected chi connectivity index (χ1v) is 12.7. The number of ether oxygens (including phenoxy) is 1. The van der Waals surface area contributed by atoms with Gasteiger partial charge in [0.15, 0.2) is 5.43 Å². The molecule has 2 aliphatic heterocycles. The van der Waals surface area contributed by atoms with Crippen molar-refractivity contribution in [2.24, 2.45) is 0 Å². The average Bonchev–Trinajstić information content (AvgIpc) is 2.93. The van der Waals surface area contributed by atoms with Crippen molar-refractivity contribution in [1.29, 1.82) is 0 Å². The Morgan fingerprint density at radius 1 is 0.833 bits per heavy atom. The van der Waals surface area contributed by atoms with Gasteiger partial charge in [-0.05, 0) is 71.3 Å². The van der Waals surface area contributed by atoms with Crippen molar-refractivity contribution in [3.8, 4) is 34.3 Å². The highest BCUT2D eigenvalue weighted by atomic mass is 16.5. The number of rotatable bonds is 5. The molecule has 1 aliphatic carbocycles. The molecule has 3 aliphatic rings. The van der Waals surface area contributed by atoms with Gasteiger partial charge in [0.05, 0.1) is 0 Å². The van der Waals surface area contributed by atoms with Crippen molar-refractivity contribution in [1.82, 2.24) is 0 Å². The molecule has 6 rings (SSSR count). The van der Waals surface area contributed by atoms with E-state index in [2.05, 4.69) is 6.58 Å². The van der Waals surface area contributed by atoms with E-state index in [0.29, 0.717) is 34.8 Å². The van der Waals surface area contributed by atoms with E-state index in [4.69, 9.17) is 19.4 Å². The van der Waals surface area contributed by atoms with E-state index in [-0.39, 0.29) is 23.3 Å². The Balaban J connectivity index is 0.000000168. The summed E-state index contributed by atoms with van der Waals surface area (Å²) in [6.07, 6.45) is 2.91. The second-order valence-corrected chi connectivity index (χ2v) is 9.51. The van der Waals surface area contributed by atoms with E-state index in [0.717, 1.165) is 38.6 Å². The molecule has 0 bridgehead atoms. The van der Waals surface area contributed by atoms with Crippen LogP contribution in [0.5, 0.6) is 23.0 Å². The van der Waals surface area contributed by atoms with E-state index in [9.17, 15) is 24.6 Å². The molecule has 0 saturated heterocycles. The zero-order chi connectivity index (χ0) is 30.0. The van der Waals surface area contributed by atoms with Gasteiger partial charge in [-0.1, -0.05) is 18.7 Å². The molecule has 210 valence electrons. The van der Waals surface area contributed by atoms with Crippen LogP contribution in [0.15, 0.2) is 94.2 Å². The number of fused-ring (bicyclic) bond motifs is 4. The van der Waals surface area contributed by atoms with Gasteiger partial charge in [0, 0.05) is 52.4 Å². The molecular formula is C33H24O9. The van der Waals surface area contributed by atoms with Crippen molar-refractivity contribution in [2.45, 2.75) is 12.8 Å². The second kappa shape index (κ2) is 11.3. The Morgan fingerprint density at radius 3 is 2.33 bits per heavy atom. The summed E-state index contributed by atoms with van der Waals surface area (Å²) in [7, 11) is 0. The fourth-order valence-electron chi connectivity index (χ4n) is 4.74. The minimum absolute atomic E-state index is 0.0196. The molecule has 3 aromatic carbocycles. The Kier molecular flexibility index (Phi) is 7.49. The lowest BCUT2D eigenvalue weighted by Gasteiger charge is -2.19. The van der Waals surface area contributed by atoms with Gasteiger partial charge in [0.2, 0.25) is 0 Å². The molecule has 42 heavy (non-hydrogen) atoms. The zero-order valence-electron chi connectivity index (χ0n) is 22.0. The number of hydrogen-bond donors (Lipinski definition) is 4. The lowest BCUT2D eigenvalue weighted by Crippen LogP contribution is -2.18. The molecule has 0 spiro atoms. The molecule has 0 saturated carbocycles. The van der Waals surface area contributed by atoms with Gasteiger partial charge in [-0.15, -0.1) is 0 Å². The van der Waals surface area contributed by atoms with E-state index in [1.165, 1.54) is 42.5 Å². The van der Waals surface area contributed by atoms with Crippen LogP contribution < -0.4 is 20.6 Å². The molecule has 0 fully saturated rings. The molecule has 9 nitrogen and oxygen atoms in total. The summed E-state index contributed by atoms with van der Waals surface area (Å²) in [5.74, 6) is -0.316. The van der Waals surface area contributed by atoms with Crippen LogP contribution >= 0.6 is 0 Å². The van der Waals surface area contributed by atoms with Crippen LogP contribution in [0.25, 0.3) is 34.4 Å². The number of aliphatic carboxylic acids is 2. The van der Waals surface area contributed by atoms with Gasteiger partial charge >= 0.3 is 11.9 Å². The topological polar surface area (TPSA) is 155 Å². The molecule has 2 heterocycles. The number of aromatic hydroxyl groups is 2. The Hall–Kier alpha value is -5.83. The van der Waals surface area contributed by atoms with Gasteiger partial charge in [0.25, 0.3) is 0 Å². The summed E-state index contributed by atoms with van der Waals surface area (Å²) in [4.78, 5) is 33.1. The lowest BCUT2D eigenvalue weighted by atomic mass is 9.96. The van der Waals surface area contributed by atoms with Crippen LogP contribution in [0.3, 0.4) is 0 Å². The molecule has 3 aromatic rings. The van der Waals surface area contributed by atoms with Gasteiger partial charge in [0.1, 0.15) is 34.3 Å². The van der Waals surface area contributed by atoms with Gasteiger partial charge < -0.3 is 29.6 Å². The molecule has 0 unspecified atom stereocenters. The maximum Gasteiger partial charge on any atom is 0.328 e. The Labute approximate surface area is 238 Å². The molecule has 0 aromatic heterocycles. The summed E-state index contributed by atoms with van der Waals surface area (Å²) in [6.45, 7) is 3.85. The van der Waals surface area contributed by atoms with Gasteiger partial charge in [-0.25, -0.2) is 4.79 Å². The maximum absolute atomic E-state index is 11.5. The van der Waals surface area contributed by atoms with Crippen LogP contribution in [-0.4, -0.2) is 32.4 Å². The second-order valence-electron chi connectivity index (χ2n) is 9.51. The molecule has 0 amide bonds. The molecule has 0 radical (unpaired) electrons. The predicted octanol–water partition coefficient (Wildman–Crippen LogP) is 4.37. The zero-order valence-corrected chi connectivity index (χ0v) is 22.0. The smallest absolute Gasteiger partial charge is 0.328 e. The van der Waals surface area contributed by atoms with E-state index in [1.54, 1.807) is 24.3 Å². The monoisotopic (exact) mass is 564 g/mol. The number of allylic oxidation sites excluding steroid dienone is 1. The standard InChI is InChI=1S/C17H12O4.C16H12O5/c1-10-2-4-13-12(6-7-17(19)20)14-5-3-11(18)9-16(14)21-15(13)8-10;17-9-1-3-12-11(5-6-16(19)20)13-4-2-10(18)8-15(13)21-14(12)7-9/h2-9,18H,1H2,(H,19,20);1-4,7-8,17H,5-6H2,(H,19,20)/b7-6+;. The quantitative estimate of drug-likeness (QED) is 0.180. The Morgan fingerprint density at radius 2 is 1.57 bits per heavy atom. The summed E-state index contributed by atoms with van der Waals surface area (Å²) in [6, 6.07) is 19.3. The number of carbonyl (C=O) groups is 2. The average molecular weight is 565 g/mol. The lowest BCUT2D eigenvalue weighted by molar-refractivity contribution is -0.137. The molecule has 4 N–H and O–H groups in total. The maximum atomic E-state index is 11.5. The number of phenolic OH excluding ortho intramolecular Hbond substituents is 2. The summed E-state index contributed by atoms with van der Waals surface area (Å²) >= 11 is 0. The van der Waals surface area contributed by atoms with Gasteiger partial charge in [-0.2, -0.15) is 0 Å². The van der Waals surface area contributed by atoms with E-state index < -0.39 is 11.9 Å². The number of phenols is 2. The SMILES string of the molecule is C=c1ccc2c(c1)Oc1cc(O)ccc1C=2/C=C/C(=O)O.O=C(O)CCc1c2ccc(=O)cc-2oc2cc(O)ccc12. The van der Waals surface area contributed by atoms with Crippen LogP contribution in [0, 0.1) is 0 Å². The first-order valence-electron chi connectivity index (χ1n) is 12.7. The normalized spacial score (nSPS) is 11.9. The van der Waals surface area contributed by atoms with Crippen LogP contribution in [0.2, 0.25) is 0 Å². The van der Waals surface area contributed by atoms with Crippen molar-refractivity contribution >= 4 is 35.1 Å². The van der Waals surface area contributed by atoms with Crippen molar-refractivity contribution < 1.29 is 39.2 Å². The largest absolute Gasteiger partial charge is 0.508 e. The predicted molar refractivity (Wildman–Crippen MR) is 155 cm³/mol. The first kappa shape index (κ1) is 27.7. The number of aryl methyl sites for hydroxylation is 1. The van der Waals surface area contributed by atoms with E-state index in [1.807, 2.05) is 12.1 Å². The van der Waals surface area contributed by atoms with Crippen LogP contribution in [0.4, 0.5) is 0 Å². The van der Waals surface area contributed by atoms with Crippen molar-refractivity contribution in [3.05, 3.63) is 117 Å². The van der Waals surface area contributed by atoms with Crippen molar-refractivity contribution in [3.63, 3.8) is 0 Å². The van der Waals surface area contributed by atoms with E-state index >= 15 is 0 Å². The van der Waals surface area contributed by atoms with Crippen molar-refractivity contribution in [2.75, 3.05) is 0 Å². The molecule has 0 atom stereocenters. The van der Waals surface area contributed by atoms with Crippen LogP contribution in [0.1, 0.15) is 17.5 Å². The highest BCUT2D eigenvalue weighted by Crippen LogP contribution is 2.36. The highest BCUT2D eigenvalue weighted by molar-refractivity contribution is 5.90.